The number of phenols is 4. The second-order valence-electron chi connectivity index (χ2n) is 4.86. The van der Waals surface area contributed by atoms with E-state index >= 15 is 0 Å². The summed E-state index contributed by atoms with van der Waals surface area (Å²) in [6.45, 7) is 0. The first-order valence-corrected chi connectivity index (χ1v) is 6.24. The van der Waals surface area contributed by atoms with E-state index in [1.165, 1.54) is 30.3 Å². The van der Waals surface area contributed by atoms with Crippen molar-refractivity contribution in [2.24, 2.45) is 0 Å². The second-order valence-corrected chi connectivity index (χ2v) is 4.86. The maximum absolute atomic E-state index is 10.1. The van der Waals surface area contributed by atoms with Crippen LogP contribution in [0.5, 0.6) is 28.7 Å². The Kier molecular flexibility index (Phi) is 2.86. The minimum Gasteiger partial charge on any atom is -0.508 e. The summed E-state index contributed by atoms with van der Waals surface area (Å²) in [5, 5.41) is 38.1. The monoisotopic (exact) mass is 289 g/mol. The number of fused-ring (bicyclic) bond motifs is 1. The van der Waals surface area contributed by atoms with E-state index in [0.29, 0.717) is 11.1 Å². The molecule has 6 nitrogen and oxygen atoms in total. The molecule has 0 bridgehead atoms. The van der Waals surface area contributed by atoms with Gasteiger partial charge in [0.05, 0.1) is 6.42 Å². The Morgan fingerprint density at radius 3 is 2.43 bits per heavy atom. The van der Waals surface area contributed by atoms with Gasteiger partial charge in [-0.15, -0.1) is 0 Å². The van der Waals surface area contributed by atoms with Crippen molar-refractivity contribution in [3.05, 3.63) is 41.5 Å². The van der Waals surface area contributed by atoms with Crippen LogP contribution in [0.15, 0.2) is 30.3 Å². The van der Waals surface area contributed by atoms with Gasteiger partial charge in [-0.05, 0) is 12.1 Å². The van der Waals surface area contributed by atoms with Crippen molar-refractivity contribution in [1.82, 2.24) is 0 Å². The average Bonchev–Trinajstić information content (AvgIpc) is 2.42. The number of hydrogen-bond donors (Lipinski definition) is 4. The number of aromatic hydroxyl groups is 4. The molecule has 1 heterocycles. The minimum atomic E-state index is -0.856. The largest absolute Gasteiger partial charge is 0.508 e. The van der Waals surface area contributed by atoms with Crippen molar-refractivity contribution >= 4 is 5.78 Å². The number of ketones is 1. The van der Waals surface area contributed by atoms with E-state index in [1.54, 1.807) is 0 Å². The van der Waals surface area contributed by atoms with E-state index in [2.05, 4.69) is 0 Å². The third kappa shape index (κ3) is 2.20. The SMILES string of the molecule is Oc1cc(O)c2c(c1)OC(c1ccc(O)c(O)c1)C(=[OH+])C2. The summed E-state index contributed by atoms with van der Waals surface area (Å²) in [5.41, 5.74) is 0.820. The lowest BCUT2D eigenvalue weighted by Crippen LogP contribution is -2.26. The van der Waals surface area contributed by atoms with Gasteiger partial charge in [0, 0.05) is 23.3 Å². The Morgan fingerprint density at radius 2 is 1.71 bits per heavy atom. The van der Waals surface area contributed by atoms with Crippen LogP contribution in [0.3, 0.4) is 0 Å². The van der Waals surface area contributed by atoms with Crippen LogP contribution in [-0.4, -0.2) is 31.0 Å². The molecule has 0 spiro atoms. The summed E-state index contributed by atoms with van der Waals surface area (Å²) in [4.78, 5) is 10.1. The third-order valence-corrected chi connectivity index (χ3v) is 3.38. The highest BCUT2D eigenvalue weighted by Gasteiger charge is 2.36. The van der Waals surface area contributed by atoms with E-state index < -0.39 is 6.10 Å². The molecule has 0 aromatic heterocycles. The first-order chi connectivity index (χ1) is 9.95. The molecule has 1 atom stereocenters. The first kappa shape index (κ1) is 13.1. The summed E-state index contributed by atoms with van der Waals surface area (Å²) >= 11 is 0. The van der Waals surface area contributed by atoms with Crippen molar-refractivity contribution in [3.63, 3.8) is 0 Å². The zero-order chi connectivity index (χ0) is 15.1. The molecule has 0 fully saturated rings. The summed E-state index contributed by atoms with van der Waals surface area (Å²) in [7, 11) is 0. The van der Waals surface area contributed by atoms with Crippen LogP contribution in [0, 0.1) is 0 Å². The molecule has 1 aliphatic heterocycles. The molecule has 1 aliphatic rings. The van der Waals surface area contributed by atoms with E-state index in [0.717, 1.165) is 0 Å². The molecule has 0 aliphatic carbocycles. The molecular formula is C15H13O6+. The Hall–Kier alpha value is -2.89. The number of carbonyl (C=O) groups excluding carboxylic acids is 1. The van der Waals surface area contributed by atoms with Crippen molar-refractivity contribution < 1.29 is 30.0 Å². The van der Waals surface area contributed by atoms with Crippen LogP contribution < -0.4 is 4.74 Å². The van der Waals surface area contributed by atoms with Crippen LogP contribution >= 0.6 is 0 Å². The molecular weight excluding hydrogens is 276 g/mol. The zero-order valence-electron chi connectivity index (χ0n) is 10.8. The van der Waals surface area contributed by atoms with Gasteiger partial charge < -0.3 is 25.2 Å². The first-order valence-electron chi connectivity index (χ1n) is 6.24. The normalized spacial score (nSPS) is 17.1. The second kappa shape index (κ2) is 4.59. The molecule has 0 radical (unpaired) electrons. The van der Waals surface area contributed by atoms with Crippen LogP contribution in [-0.2, 0) is 6.42 Å². The van der Waals surface area contributed by atoms with E-state index in [1.807, 2.05) is 0 Å². The van der Waals surface area contributed by atoms with Crippen molar-refractivity contribution in [1.29, 1.82) is 0 Å². The fraction of sp³-hybridized carbons (Fsp3) is 0.133. The van der Waals surface area contributed by atoms with Gasteiger partial charge in [-0.25, -0.2) is 0 Å². The van der Waals surface area contributed by atoms with E-state index in [-0.39, 0.29) is 41.0 Å². The summed E-state index contributed by atoms with van der Waals surface area (Å²) in [6.07, 6.45) is -0.793. The van der Waals surface area contributed by atoms with Gasteiger partial charge in [0.2, 0.25) is 6.10 Å². The molecule has 0 saturated heterocycles. The van der Waals surface area contributed by atoms with E-state index in [4.69, 9.17) is 4.74 Å². The topological polar surface area (TPSA) is 112 Å². The maximum Gasteiger partial charge on any atom is 0.342 e. The van der Waals surface area contributed by atoms with Gasteiger partial charge in [-0.2, -0.15) is 0 Å². The highest BCUT2D eigenvalue weighted by molar-refractivity contribution is 5.90. The third-order valence-electron chi connectivity index (χ3n) is 3.38. The summed E-state index contributed by atoms with van der Waals surface area (Å²) in [6, 6.07) is 6.58. The van der Waals surface area contributed by atoms with Crippen LogP contribution in [0.2, 0.25) is 0 Å². The smallest absolute Gasteiger partial charge is 0.342 e. The number of phenolic OH excluding ortho intramolecular Hbond substituents is 4. The maximum atomic E-state index is 10.1. The number of rotatable bonds is 1. The quantitative estimate of drug-likeness (QED) is 0.472. The molecule has 3 rings (SSSR count). The van der Waals surface area contributed by atoms with Crippen LogP contribution in [0.4, 0.5) is 0 Å². The zero-order valence-corrected chi connectivity index (χ0v) is 10.8. The number of benzene rings is 2. The molecule has 2 aromatic rings. The Balaban J connectivity index is 2.02. The average molecular weight is 289 g/mol. The van der Waals surface area contributed by atoms with Crippen molar-refractivity contribution in [2.45, 2.75) is 12.5 Å². The van der Waals surface area contributed by atoms with Crippen molar-refractivity contribution in [3.8, 4) is 28.7 Å². The molecule has 2 aromatic carbocycles. The lowest BCUT2D eigenvalue weighted by Gasteiger charge is -2.23. The Labute approximate surface area is 119 Å². The molecule has 0 amide bonds. The standard InChI is InChI=1S/C15H12O6/c16-8-4-11(18)9-6-13(20)15(21-14(9)5-8)7-1-2-10(17)12(19)3-7/h1-5,15-19H,6H2/p+1. The molecule has 0 saturated carbocycles. The van der Waals surface area contributed by atoms with Crippen LogP contribution in [0.1, 0.15) is 17.2 Å². The molecule has 21 heavy (non-hydrogen) atoms. The molecule has 5 N–H and O–H groups in total. The Bertz CT molecular complexity index is 737. The van der Waals surface area contributed by atoms with Crippen molar-refractivity contribution in [2.75, 3.05) is 0 Å². The van der Waals surface area contributed by atoms with Gasteiger partial charge in [-0.3, -0.25) is 4.79 Å². The predicted molar refractivity (Wildman–Crippen MR) is 73.6 cm³/mol. The summed E-state index contributed by atoms with van der Waals surface area (Å²) < 4.78 is 5.59. The van der Waals surface area contributed by atoms with Gasteiger partial charge in [-0.1, -0.05) is 6.07 Å². The molecule has 6 heteroatoms. The lowest BCUT2D eigenvalue weighted by molar-refractivity contribution is 0.244. The fourth-order valence-corrected chi connectivity index (χ4v) is 2.33. The highest BCUT2D eigenvalue weighted by Crippen LogP contribution is 2.41. The van der Waals surface area contributed by atoms with Crippen LogP contribution in [0.25, 0.3) is 0 Å². The molecule has 108 valence electrons. The minimum absolute atomic E-state index is 0.0476. The van der Waals surface area contributed by atoms with E-state index in [9.17, 15) is 25.2 Å². The number of hydrogen-bond acceptors (Lipinski definition) is 5. The number of ether oxygens (including phenoxy) is 1. The van der Waals surface area contributed by atoms with Gasteiger partial charge >= 0.3 is 5.78 Å². The molecule has 1 unspecified atom stereocenters. The highest BCUT2D eigenvalue weighted by atomic mass is 16.5. The van der Waals surface area contributed by atoms with Gasteiger partial charge in [0.15, 0.2) is 11.5 Å². The Morgan fingerprint density at radius 1 is 0.952 bits per heavy atom. The lowest BCUT2D eigenvalue weighted by atomic mass is 9.95. The van der Waals surface area contributed by atoms with Gasteiger partial charge in [0.25, 0.3) is 0 Å². The predicted octanol–water partition coefficient (Wildman–Crippen LogP) is 1.73. The fourth-order valence-electron chi connectivity index (χ4n) is 2.33. The summed E-state index contributed by atoms with van der Waals surface area (Å²) in [5.74, 6) is -0.710. The van der Waals surface area contributed by atoms with Gasteiger partial charge in [0.1, 0.15) is 17.2 Å².